The van der Waals surface area contributed by atoms with E-state index in [4.69, 9.17) is 4.74 Å². The number of aromatic nitrogens is 3. The number of hydrogen-bond donors (Lipinski definition) is 0. The molecule has 1 aromatic heterocycles. The summed E-state index contributed by atoms with van der Waals surface area (Å²) >= 11 is 1.56. The lowest BCUT2D eigenvalue weighted by Gasteiger charge is -2.05. The molecule has 1 aromatic carbocycles. The molecule has 2 rings (SSSR count). The molecule has 0 spiro atoms. The minimum atomic E-state index is -0.209. The quantitative estimate of drug-likeness (QED) is 0.578. The number of thioether (sulfide) groups is 1. The number of ether oxygens (including phenoxy) is 1. The van der Waals surface area contributed by atoms with E-state index < -0.39 is 0 Å². The van der Waals surface area contributed by atoms with Gasteiger partial charge < -0.3 is 9.30 Å². The van der Waals surface area contributed by atoms with Gasteiger partial charge >= 0.3 is 0 Å². The zero-order valence-electron chi connectivity index (χ0n) is 10.8. The van der Waals surface area contributed by atoms with Crippen molar-refractivity contribution >= 4 is 11.8 Å². The molecule has 0 aliphatic carbocycles. The van der Waals surface area contributed by atoms with Gasteiger partial charge in [-0.1, -0.05) is 23.9 Å². The third-order valence-electron chi connectivity index (χ3n) is 2.58. The monoisotopic (exact) mass is 281 g/mol. The molecule has 4 nitrogen and oxygen atoms in total. The first kappa shape index (κ1) is 14.0. The summed E-state index contributed by atoms with van der Waals surface area (Å²) < 4.78 is 20.1. The second-order valence-corrected chi connectivity index (χ2v) is 5.01. The Morgan fingerprint density at radius 1 is 1.42 bits per heavy atom. The van der Waals surface area contributed by atoms with Crippen molar-refractivity contribution in [3.63, 3.8) is 0 Å². The summed E-state index contributed by atoms with van der Waals surface area (Å²) in [4.78, 5) is 0. The van der Waals surface area contributed by atoms with Crippen molar-refractivity contribution < 1.29 is 9.13 Å². The number of methoxy groups -OCH3 is 1. The lowest BCUT2D eigenvalue weighted by molar-refractivity contribution is 0.189. The van der Waals surface area contributed by atoms with Crippen molar-refractivity contribution in [2.24, 2.45) is 0 Å². The third-order valence-corrected chi connectivity index (χ3v) is 3.64. The molecule has 0 saturated carbocycles. The molecular weight excluding hydrogens is 265 g/mol. The predicted octanol–water partition coefficient (Wildman–Crippen LogP) is 2.75. The van der Waals surface area contributed by atoms with Gasteiger partial charge in [0, 0.05) is 26.0 Å². The number of rotatable bonds is 7. The molecule has 1 heterocycles. The van der Waals surface area contributed by atoms with Crippen molar-refractivity contribution in [2.45, 2.75) is 23.9 Å². The molecular formula is C13H16FN3OS. The standard InChI is InChI=1S/C13H16FN3OS/c1-18-7-3-6-17-10-15-16-13(17)19-9-11-4-2-5-12(14)8-11/h2,4-5,8,10H,3,6-7,9H2,1H3. The Morgan fingerprint density at radius 3 is 3.11 bits per heavy atom. The average molecular weight is 281 g/mol. The lowest BCUT2D eigenvalue weighted by Crippen LogP contribution is -2.02. The molecule has 6 heteroatoms. The maximum Gasteiger partial charge on any atom is 0.191 e. The van der Waals surface area contributed by atoms with Crippen LogP contribution in [0.25, 0.3) is 0 Å². The summed E-state index contributed by atoms with van der Waals surface area (Å²) in [5.41, 5.74) is 0.941. The number of halogens is 1. The smallest absolute Gasteiger partial charge is 0.191 e. The van der Waals surface area contributed by atoms with Gasteiger partial charge in [0.15, 0.2) is 5.16 Å². The molecule has 2 aromatic rings. The molecule has 0 radical (unpaired) electrons. The Balaban J connectivity index is 1.90. The topological polar surface area (TPSA) is 39.9 Å². The van der Waals surface area contributed by atoms with E-state index in [2.05, 4.69) is 10.2 Å². The molecule has 102 valence electrons. The van der Waals surface area contributed by atoms with E-state index in [0.29, 0.717) is 12.4 Å². The fourth-order valence-electron chi connectivity index (χ4n) is 1.66. The first-order valence-corrected chi connectivity index (χ1v) is 7.02. The van der Waals surface area contributed by atoms with Crippen LogP contribution in [-0.4, -0.2) is 28.5 Å². The molecule has 0 fully saturated rings. The Bertz CT molecular complexity index is 518. The minimum absolute atomic E-state index is 0.209. The maximum absolute atomic E-state index is 13.1. The predicted molar refractivity (Wildman–Crippen MR) is 72.5 cm³/mol. The highest BCUT2D eigenvalue weighted by Gasteiger charge is 2.05. The Morgan fingerprint density at radius 2 is 2.32 bits per heavy atom. The van der Waals surface area contributed by atoms with Gasteiger partial charge in [0.2, 0.25) is 0 Å². The minimum Gasteiger partial charge on any atom is -0.385 e. The largest absolute Gasteiger partial charge is 0.385 e. The van der Waals surface area contributed by atoms with E-state index in [1.54, 1.807) is 37.3 Å². The number of aryl methyl sites for hydroxylation is 1. The van der Waals surface area contributed by atoms with Crippen molar-refractivity contribution in [2.75, 3.05) is 13.7 Å². The summed E-state index contributed by atoms with van der Waals surface area (Å²) in [7, 11) is 1.69. The zero-order valence-corrected chi connectivity index (χ0v) is 11.6. The number of nitrogens with zero attached hydrogens (tertiary/aromatic N) is 3. The molecule has 0 saturated heterocycles. The fourth-order valence-corrected chi connectivity index (χ4v) is 2.55. The number of hydrogen-bond acceptors (Lipinski definition) is 4. The molecule has 19 heavy (non-hydrogen) atoms. The number of benzene rings is 1. The lowest BCUT2D eigenvalue weighted by atomic mass is 10.2. The molecule has 0 bridgehead atoms. The molecule has 0 atom stereocenters. The zero-order chi connectivity index (χ0) is 13.5. The second kappa shape index (κ2) is 7.25. The summed E-state index contributed by atoms with van der Waals surface area (Å²) in [6, 6.07) is 6.61. The van der Waals surface area contributed by atoms with Crippen molar-refractivity contribution in [1.82, 2.24) is 14.8 Å². The van der Waals surface area contributed by atoms with Crippen LogP contribution < -0.4 is 0 Å². The van der Waals surface area contributed by atoms with Gasteiger partial charge in [0.25, 0.3) is 0 Å². The van der Waals surface area contributed by atoms with Crippen molar-refractivity contribution in [3.05, 3.63) is 42.0 Å². The molecule has 0 aliphatic heterocycles. The Hall–Kier alpha value is -1.40. The van der Waals surface area contributed by atoms with Crippen LogP contribution in [0.3, 0.4) is 0 Å². The van der Waals surface area contributed by atoms with Crippen LogP contribution in [0.5, 0.6) is 0 Å². The van der Waals surface area contributed by atoms with Gasteiger partial charge in [-0.05, 0) is 24.1 Å². The average Bonchev–Trinajstić information content (AvgIpc) is 2.84. The van der Waals surface area contributed by atoms with E-state index in [1.807, 2.05) is 10.6 Å². The molecule has 0 N–H and O–H groups in total. The highest BCUT2D eigenvalue weighted by atomic mass is 32.2. The Labute approximate surface area is 116 Å². The van der Waals surface area contributed by atoms with E-state index in [-0.39, 0.29) is 5.82 Å². The second-order valence-electron chi connectivity index (χ2n) is 4.07. The van der Waals surface area contributed by atoms with E-state index in [1.165, 1.54) is 6.07 Å². The van der Waals surface area contributed by atoms with Gasteiger partial charge in [-0.15, -0.1) is 10.2 Å². The van der Waals surface area contributed by atoms with Crippen LogP contribution >= 0.6 is 11.8 Å². The van der Waals surface area contributed by atoms with Crippen LogP contribution in [0, 0.1) is 5.82 Å². The van der Waals surface area contributed by atoms with Gasteiger partial charge in [0.1, 0.15) is 12.1 Å². The maximum atomic E-state index is 13.1. The molecule has 0 aliphatic rings. The van der Waals surface area contributed by atoms with Crippen LogP contribution in [0.1, 0.15) is 12.0 Å². The Kier molecular flexibility index (Phi) is 5.35. The molecule has 0 unspecified atom stereocenters. The first-order chi connectivity index (χ1) is 9.29. The van der Waals surface area contributed by atoms with Crippen molar-refractivity contribution in [3.8, 4) is 0 Å². The summed E-state index contributed by atoms with van der Waals surface area (Å²) in [5, 5.41) is 8.83. The first-order valence-electron chi connectivity index (χ1n) is 6.03. The molecule has 0 amide bonds. The van der Waals surface area contributed by atoms with Crippen LogP contribution in [0.15, 0.2) is 35.7 Å². The fraction of sp³-hybridized carbons (Fsp3) is 0.385. The highest BCUT2D eigenvalue weighted by molar-refractivity contribution is 7.98. The normalized spacial score (nSPS) is 10.8. The van der Waals surface area contributed by atoms with Crippen LogP contribution in [0.4, 0.5) is 4.39 Å². The van der Waals surface area contributed by atoms with Gasteiger partial charge in [-0.25, -0.2) is 4.39 Å². The van der Waals surface area contributed by atoms with Gasteiger partial charge in [0.05, 0.1) is 0 Å². The van der Waals surface area contributed by atoms with E-state index >= 15 is 0 Å². The highest BCUT2D eigenvalue weighted by Crippen LogP contribution is 2.21. The summed E-state index contributed by atoms with van der Waals surface area (Å²) in [6.45, 7) is 1.54. The van der Waals surface area contributed by atoms with Crippen molar-refractivity contribution in [1.29, 1.82) is 0 Å². The summed E-state index contributed by atoms with van der Waals surface area (Å²) in [5.74, 6) is 0.473. The third kappa shape index (κ3) is 4.33. The van der Waals surface area contributed by atoms with Gasteiger partial charge in [-0.3, -0.25) is 0 Å². The van der Waals surface area contributed by atoms with E-state index in [9.17, 15) is 4.39 Å². The van der Waals surface area contributed by atoms with Gasteiger partial charge in [-0.2, -0.15) is 0 Å². The summed E-state index contributed by atoms with van der Waals surface area (Å²) in [6.07, 6.45) is 2.63. The van der Waals surface area contributed by atoms with Crippen LogP contribution in [-0.2, 0) is 17.0 Å². The van der Waals surface area contributed by atoms with Crippen LogP contribution in [0.2, 0.25) is 0 Å². The van der Waals surface area contributed by atoms with E-state index in [0.717, 1.165) is 23.7 Å². The SMILES string of the molecule is COCCCn1cnnc1SCc1cccc(F)c1.